The number of fused-ring (bicyclic) bond motifs is 1. The Bertz CT molecular complexity index is 1520. The van der Waals surface area contributed by atoms with Crippen LogP contribution in [0.15, 0.2) is 53.3 Å². The monoisotopic (exact) mass is 486 g/mol. The Balaban J connectivity index is 1.50. The van der Waals surface area contributed by atoms with Gasteiger partial charge in [0, 0.05) is 25.1 Å². The predicted octanol–water partition coefficient (Wildman–Crippen LogP) is 3.16. The molecule has 3 heterocycles. The molecule has 2 N–H and O–H groups in total. The molecule has 0 radical (unpaired) electrons. The minimum absolute atomic E-state index is 0.0877. The molecule has 0 unspecified atom stereocenters. The highest BCUT2D eigenvalue weighted by atomic mass is 16.5. The van der Waals surface area contributed by atoms with E-state index in [0.29, 0.717) is 36.6 Å². The number of imidazole rings is 1. The summed E-state index contributed by atoms with van der Waals surface area (Å²) in [5.41, 5.74) is 4.51. The largest absolute Gasteiger partial charge is 0.473 e. The van der Waals surface area contributed by atoms with Crippen molar-refractivity contribution in [1.29, 1.82) is 0 Å². The van der Waals surface area contributed by atoms with Gasteiger partial charge in [-0.15, -0.1) is 15.3 Å². The number of tetrazole rings is 1. The lowest BCUT2D eigenvalue weighted by atomic mass is 9.98. The van der Waals surface area contributed by atoms with E-state index in [9.17, 15) is 4.79 Å². The molecule has 0 fully saturated rings. The molecule has 3 aromatic heterocycles. The number of ether oxygens (including phenoxy) is 2. The molecule has 0 amide bonds. The fraction of sp³-hybridized carbons (Fsp3) is 0.280. The molecule has 0 atom stereocenters. The zero-order chi connectivity index (χ0) is 25.1. The first-order chi connectivity index (χ1) is 17.6. The fourth-order valence-corrected chi connectivity index (χ4v) is 4.16. The minimum atomic E-state index is -0.311. The van der Waals surface area contributed by atoms with Crippen LogP contribution in [0.5, 0.6) is 5.88 Å². The van der Waals surface area contributed by atoms with Gasteiger partial charge in [-0.25, -0.2) is 10.1 Å². The highest BCUT2D eigenvalue weighted by Crippen LogP contribution is 2.30. The first-order valence-electron chi connectivity index (χ1n) is 11.6. The molecular weight excluding hydrogens is 460 g/mol. The standard InChI is InChI=1S/C25H26N8O3/c1-15(2)23-26-20-21(24(34)29-30-25(20)36-13-12-35-3)33(23)14-16-8-10-17(11-9-16)18-6-4-5-7-19(18)22-27-31-32-28-22/h4-11,15H,12-14H2,1-3H3,(H,29,34)(H,27,28,31,32). The van der Waals surface area contributed by atoms with Gasteiger partial charge in [-0.05, 0) is 21.9 Å². The summed E-state index contributed by atoms with van der Waals surface area (Å²) in [6.45, 7) is 5.27. The second-order valence-corrected chi connectivity index (χ2v) is 8.59. The van der Waals surface area contributed by atoms with Crippen molar-refractivity contribution >= 4 is 11.0 Å². The van der Waals surface area contributed by atoms with E-state index in [1.54, 1.807) is 7.11 Å². The molecule has 11 heteroatoms. The van der Waals surface area contributed by atoms with E-state index in [4.69, 9.17) is 14.5 Å². The Morgan fingerprint density at radius 2 is 1.78 bits per heavy atom. The molecule has 184 valence electrons. The average Bonchev–Trinajstić information content (AvgIpc) is 3.56. The van der Waals surface area contributed by atoms with Crippen LogP contribution in [0.3, 0.4) is 0 Å². The van der Waals surface area contributed by atoms with E-state index >= 15 is 0 Å². The van der Waals surface area contributed by atoms with Crippen molar-refractivity contribution in [2.45, 2.75) is 26.3 Å². The van der Waals surface area contributed by atoms with E-state index in [1.807, 2.05) is 66.9 Å². The van der Waals surface area contributed by atoms with E-state index < -0.39 is 0 Å². The quantitative estimate of drug-likeness (QED) is 0.303. The second-order valence-electron chi connectivity index (χ2n) is 8.59. The molecular formula is C25H26N8O3. The van der Waals surface area contributed by atoms with Gasteiger partial charge in [0.1, 0.15) is 17.9 Å². The number of aromatic amines is 2. The number of methoxy groups -OCH3 is 1. The van der Waals surface area contributed by atoms with Crippen molar-refractivity contribution in [1.82, 2.24) is 40.4 Å². The van der Waals surface area contributed by atoms with Crippen LogP contribution in [0.4, 0.5) is 0 Å². The van der Waals surface area contributed by atoms with Gasteiger partial charge >= 0.3 is 0 Å². The summed E-state index contributed by atoms with van der Waals surface area (Å²) in [4.78, 5) is 17.6. The number of benzene rings is 2. The summed E-state index contributed by atoms with van der Waals surface area (Å²) in [6.07, 6.45) is 0. The van der Waals surface area contributed by atoms with Gasteiger partial charge in [-0.1, -0.05) is 62.4 Å². The van der Waals surface area contributed by atoms with Crippen LogP contribution in [0, 0.1) is 0 Å². The van der Waals surface area contributed by atoms with E-state index in [2.05, 4.69) is 30.8 Å². The number of nitrogens with zero attached hydrogens (tertiary/aromatic N) is 6. The summed E-state index contributed by atoms with van der Waals surface area (Å²) in [6, 6.07) is 16.1. The lowest BCUT2D eigenvalue weighted by molar-refractivity contribution is 0.144. The maximum absolute atomic E-state index is 12.8. The zero-order valence-corrected chi connectivity index (χ0v) is 20.2. The summed E-state index contributed by atoms with van der Waals surface area (Å²) < 4.78 is 12.7. The molecule has 0 aliphatic heterocycles. The van der Waals surface area contributed by atoms with Gasteiger partial charge in [0.15, 0.2) is 5.52 Å². The topological polar surface area (TPSA) is 136 Å². The molecule has 0 saturated carbocycles. The summed E-state index contributed by atoms with van der Waals surface area (Å²) >= 11 is 0. The normalized spacial score (nSPS) is 11.4. The number of nitrogens with one attached hydrogen (secondary N) is 2. The highest BCUT2D eigenvalue weighted by Gasteiger charge is 2.21. The van der Waals surface area contributed by atoms with Gasteiger partial charge in [0.05, 0.1) is 6.61 Å². The van der Waals surface area contributed by atoms with Crippen molar-refractivity contribution in [2.75, 3.05) is 20.3 Å². The SMILES string of the molecule is COCCOc1n[nH]c(=O)c2c1nc(C(C)C)n2Cc1ccc(-c2ccccc2-c2nn[nH]n2)cc1. The first-order valence-corrected chi connectivity index (χ1v) is 11.6. The molecule has 0 bridgehead atoms. The van der Waals surface area contributed by atoms with Crippen LogP contribution in [0.2, 0.25) is 0 Å². The van der Waals surface area contributed by atoms with Crippen LogP contribution in [0.25, 0.3) is 33.5 Å². The zero-order valence-electron chi connectivity index (χ0n) is 20.2. The van der Waals surface area contributed by atoms with Crippen LogP contribution in [0.1, 0.15) is 31.2 Å². The Kier molecular flexibility index (Phi) is 6.54. The molecule has 2 aromatic carbocycles. The molecule has 11 nitrogen and oxygen atoms in total. The number of aromatic nitrogens is 8. The third-order valence-corrected chi connectivity index (χ3v) is 5.84. The summed E-state index contributed by atoms with van der Waals surface area (Å²) in [5, 5.41) is 21.0. The Labute approximate surface area is 206 Å². The molecule has 5 aromatic rings. The summed E-state index contributed by atoms with van der Waals surface area (Å²) in [5.74, 6) is 1.70. The average molecular weight is 487 g/mol. The number of hydrogen-bond donors (Lipinski definition) is 2. The Morgan fingerprint density at radius 3 is 2.47 bits per heavy atom. The van der Waals surface area contributed by atoms with Gasteiger partial charge in [-0.3, -0.25) is 4.79 Å². The molecule has 36 heavy (non-hydrogen) atoms. The summed E-state index contributed by atoms with van der Waals surface area (Å²) in [7, 11) is 1.60. The number of rotatable bonds is 9. The fourth-order valence-electron chi connectivity index (χ4n) is 4.16. The van der Waals surface area contributed by atoms with Crippen molar-refractivity contribution in [3.63, 3.8) is 0 Å². The van der Waals surface area contributed by atoms with E-state index in [-0.39, 0.29) is 17.4 Å². The van der Waals surface area contributed by atoms with Crippen LogP contribution >= 0.6 is 0 Å². The van der Waals surface area contributed by atoms with Crippen molar-refractivity contribution < 1.29 is 9.47 Å². The molecule has 0 aliphatic rings. The van der Waals surface area contributed by atoms with Crippen molar-refractivity contribution in [2.24, 2.45) is 0 Å². The highest BCUT2D eigenvalue weighted by molar-refractivity contribution is 5.81. The van der Waals surface area contributed by atoms with E-state index in [0.717, 1.165) is 28.1 Å². The second kappa shape index (κ2) is 10.1. The lowest BCUT2D eigenvalue weighted by Gasteiger charge is -2.12. The van der Waals surface area contributed by atoms with Crippen molar-refractivity contribution in [3.8, 4) is 28.4 Å². The molecule has 5 rings (SSSR count). The van der Waals surface area contributed by atoms with Crippen molar-refractivity contribution in [3.05, 3.63) is 70.3 Å². The maximum Gasteiger partial charge on any atom is 0.290 e. The minimum Gasteiger partial charge on any atom is -0.473 e. The van der Waals surface area contributed by atoms with Gasteiger partial charge < -0.3 is 14.0 Å². The third kappa shape index (κ3) is 4.48. The van der Waals surface area contributed by atoms with Gasteiger partial charge in [0.25, 0.3) is 11.4 Å². The van der Waals surface area contributed by atoms with Gasteiger partial charge in [-0.2, -0.15) is 5.21 Å². The first kappa shape index (κ1) is 23.4. The Hall–Kier alpha value is -4.38. The molecule has 0 saturated heterocycles. The number of hydrogen-bond acceptors (Lipinski definition) is 8. The van der Waals surface area contributed by atoms with Crippen LogP contribution in [-0.4, -0.2) is 60.7 Å². The predicted molar refractivity (Wildman–Crippen MR) is 134 cm³/mol. The van der Waals surface area contributed by atoms with Crippen LogP contribution in [-0.2, 0) is 11.3 Å². The molecule has 0 spiro atoms. The maximum atomic E-state index is 12.8. The third-order valence-electron chi connectivity index (χ3n) is 5.84. The lowest BCUT2D eigenvalue weighted by Crippen LogP contribution is -2.16. The Morgan fingerprint density at radius 1 is 1.00 bits per heavy atom. The smallest absolute Gasteiger partial charge is 0.290 e. The van der Waals surface area contributed by atoms with Gasteiger partial charge in [0.2, 0.25) is 5.82 Å². The number of H-pyrrole nitrogens is 2. The van der Waals surface area contributed by atoms with Crippen LogP contribution < -0.4 is 10.3 Å². The van der Waals surface area contributed by atoms with E-state index in [1.165, 1.54) is 0 Å². The molecule has 0 aliphatic carbocycles.